The molecule has 0 atom stereocenters. The average Bonchev–Trinajstić information content (AvgIpc) is 2.64. The highest BCUT2D eigenvalue weighted by atomic mass is 16.5. The van der Waals surface area contributed by atoms with Crippen LogP contribution in [0.4, 0.5) is 11.4 Å². The van der Waals surface area contributed by atoms with Gasteiger partial charge in [-0.25, -0.2) is 0 Å². The number of aromatic nitrogens is 1. The van der Waals surface area contributed by atoms with Crippen molar-refractivity contribution in [3.63, 3.8) is 0 Å². The summed E-state index contributed by atoms with van der Waals surface area (Å²) in [4.78, 5) is 30.8. The van der Waals surface area contributed by atoms with Gasteiger partial charge in [-0.1, -0.05) is 12.1 Å². The third-order valence-electron chi connectivity index (χ3n) is 3.92. The molecule has 0 saturated carbocycles. The van der Waals surface area contributed by atoms with E-state index in [1.807, 2.05) is 0 Å². The summed E-state index contributed by atoms with van der Waals surface area (Å²) < 4.78 is 5.28. The third-order valence-corrected chi connectivity index (χ3v) is 3.92. The predicted octanol–water partition coefficient (Wildman–Crippen LogP) is 1.32. The van der Waals surface area contributed by atoms with E-state index in [0.717, 1.165) is 0 Å². The molecule has 7 nitrogen and oxygen atoms in total. The fourth-order valence-corrected chi connectivity index (χ4v) is 2.61. The SMILES string of the molecule is Nc1ccc(CC(=O)Nc2ccccc2C(=O)N2CCOCC2)nc1. The van der Waals surface area contributed by atoms with E-state index in [-0.39, 0.29) is 18.2 Å². The quantitative estimate of drug-likeness (QED) is 0.875. The van der Waals surface area contributed by atoms with Crippen LogP contribution in [0.5, 0.6) is 0 Å². The van der Waals surface area contributed by atoms with E-state index in [2.05, 4.69) is 10.3 Å². The number of nitrogen functional groups attached to an aromatic ring is 1. The molecule has 0 unspecified atom stereocenters. The zero-order valence-electron chi connectivity index (χ0n) is 13.8. The number of carbonyl (C=O) groups excluding carboxylic acids is 2. The minimum absolute atomic E-state index is 0.107. The van der Waals surface area contributed by atoms with Crippen molar-refractivity contribution < 1.29 is 14.3 Å². The van der Waals surface area contributed by atoms with Crippen molar-refractivity contribution >= 4 is 23.2 Å². The molecular weight excluding hydrogens is 320 g/mol. The van der Waals surface area contributed by atoms with Gasteiger partial charge in [-0.05, 0) is 24.3 Å². The van der Waals surface area contributed by atoms with Crippen LogP contribution in [-0.2, 0) is 16.0 Å². The molecule has 2 aromatic rings. The van der Waals surface area contributed by atoms with E-state index in [1.54, 1.807) is 41.3 Å². The number of hydrogen-bond acceptors (Lipinski definition) is 5. The summed E-state index contributed by atoms with van der Waals surface area (Å²) in [5.41, 5.74) is 7.73. The molecule has 1 fully saturated rings. The number of amides is 2. The van der Waals surface area contributed by atoms with Gasteiger partial charge in [0.1, 0.15) is 0 Å². The zero-order chi connectivity index (χ0) is 17.6. The summed E-state index contributed by atoms with van der Waals surface area (Å²) in [7, 11) is 0. The fourth-order valence-electron chi connectivity index (χ4n) is 2.61. The van der Waals surface area contributed by atoms with Crippen LogP contribution in [0.1, 0.15) is 16.1 Å². The number of nitrogens with one attached hydrogen (secondary N) is 1. The molecule has 1 aromatic carbocycles. The molecule has 1 aromatic heterocycles. The Morgan fingerprint density at radius 3 is 2.64 bits per heavy atom. The lowest BCUT2D eigenvalue weighted by Crippen LogP contribution is -2.41. The van der Waals surface area contributed by atoms with E-state index < -0.39 is 0 Å². The Morgan fingerprint density at radius 1 is 1.16 bits per heavy atom. The molecule has 1 saturated heterocycles. The molecule has 7 heteroatoms. The van der Waals surface area contributed by atoms with Gasteiger partial charge in [0.15, 0.2) is 0 Å². The smallest absolute Gasteiger partial charge is 0.256 e. The van der Waals surface area contributed by atoms with Gasteiger partial charge in [0.05, 0.1) is 42.8 Å². The number of rotatable bonds is 4. The number of nitrogens with two attached hydrogens (primary N) is 1. The summed E-state index contributed by atoms with van der Waals surface area (Å²) >= 11 is 0. The Balaban J connectivity index is 1.70. The minimum Gasteiger partial charge on any atom is -0.397 e. The van der Waals surface area contributed by atoms with E-state index in [0.29, 0.717) is 48.9 Å². The number of nitrogens with zero attached hydrogens (tertiary/aromatic N) is 2. The Morgan fingerprint density at radius 2 is 1.92 bits per heavy atom. The lowest BCUT2D eigenvalue weighted by atomic mass is 10.1. The Kier molecular flexibility index (Phi) is 5.25. The van der Waals surface area contributed by atoms with E-state index in [1.165, 1.54) is 6.20 Å². The van der Waals surface area contributed by atoms with Gasteiger partial charge >= 0.3 is 0 Å². The molecule has 1 aliphatic rings. The Bertz CT molecular complexity index is 755. The largest absolute Gasteiger partial charge is 0.397 e. The van der Waals surface area contributed by atoms with Crippen molar-refractivity contribution in [3.8, 4) is 0 Å². The van der Waals surface area contributed by atoms with Crippen LogP contribution in [-0.4, -0.2) is 48.0 Å². The standard InChI is InChI=1S/C18H20N4O3/c19-13-5-6-14(20-12-13)11-17(23)21-16-4-2-1-3-15(16)18(24)22-7-9-25-10-8-22/h1-6,12H,7-11,19H2,(H,21,23). The van der Waals surface area contributed by atoms with E-state index in [4.69, 9.17) is 10.5 Å². The highest BCUT2D eigenvalue weighted by molar-refractivity contribution is 6.04. The van der Waals surface area contributed by atoms with Crippen molar-refractivity contribution in [1.29, 1.82) is 0 Å². The molecular formula is C18H20N4O3. The number of carbonyl (C=O) groups is 2. The van der Waals surface area contributed by atoms with Crippen LogP contribution in [0.15, 0.2) is 42.6 Å². The van der Waals surface area contributed by atoms with Gasteiger partial charge in [0, 0.05) is 18.8 Å². The van der Waals surface area contributed by atoms with Gasteiger partial charge in [-0.3, -0.25) is 14.6 Å². The van der Waals surface area contributed by atoms with Crippen LogP contribution >= 0.6 is 0 Å². The molecule has 3 rings (SSSR count). The normalized spacial score (nSPS) is 14.2. The molecule has 0 aliphatic carbocycles. The molecule has 25 heavy (non-hydrogen) atoms. The number of para-hydroxylation sites is 1. The summed E-state index contributed by atoms with van der Waals surface area (Å²) in [5, 5.41) is 2.80. The second-order valence-electron chi connectivity index (χ2n) is 5.76. The maximum absolute atomic E-state index is 12.7. The van der Waals surface area contributed by atoms with Crippen molar-refractivity contribution in [2.24, 2.45) is 0 Å². The number of benzene rings is 1. The Hall–Kier alpha value is -2.93. The molecule has 0 spiro atoms. The second-order valence-corrected chi connectivity index (χ2v) is 5.76. The summed E-state index contributed by atoms with van der Waals surface area (Å²) in [5.74, 6) is -0.343. The molecule has 0 radical (unpaired) electrons. The number of hydrogen-bond donors (Lipinski definition) is 2. The van der Waals surface area contributed by atoms with Gasteiger partial charge < -0.3 is 20.7 Å². The monoisotopic (exact) mass is 340 g/mol. The zero-order valence-corrected chi connectivity index (χ0v) is 13.8. The highest BCUT2D eigenvalue weighted by Crippen LogP contribution is 2.18. The van der Waals surface area contributed by atoms with Gasteiger partial charge in [0.2, 0.25) is 5.91 Å². The third kappa shape index (κ3) is 4.33. The van der Waals surface area contributed by atoms with Gasteiger partial charge in [-0.15, -0.1) is 0 Å². The van der Waals surface area contributed by atoms with Crippen molar-refractivity contribution in [3.05, 3.63) is 53.9 Å². The number of ether oxygens (including phenoxy) is 1. The molecule has 2 heterocycles. The average molecular weight is 340 g/mol. The second kappa shape index (κ2) is 7.76. The van der Waals surface area contributed by atoms with Gasteiger partial charge in [0.25, 0.3) is 5.91 Å². The van der Waals surface area contributed by atoms with Crippen LogP contribution in [0.3, 0.4) is 0 Å². The summed E-state index contributed by atoms with van der Waals surface area (Å²) in [6.45, 7) is 2.17. The fraction of sp³-hybridized carbons (Fsp3) is 0.278. The lowest BCUT2D eigenvalue weighted by Gasteiger charge is -2.27. The van der Waals surface area contributed by atoms with Crippen LogP contribution < -0.4 is 11.1 Å². The number of pyridine rings is 1. The first kappa shape index (κ1) is 16.9. The summed E-state index contributed by atoms with van der Waals surface area (Å²) in [6.07, 6.45) is 1.62. The first-order chi connectivity index (χ1) is 12.1. The molecule has 2 amide bonds. The predicted molar refractivity (Wildman–Crippen MR) is 94.1 cm³/mol. The Labute approximate surface area is 145 Å². The summed E-state index contributed by atoms with van der Waals surface area (Å²) in [6, 6.07) is 10.4. The van der Waals surface area contributed by atoms with Crippen LogP contribution in [0.2, 0.25) is 0 Å². The lowest BCUT2D eigenvalue weighted by molar-refractivity contribution is -0.115. The minimum atomic E-state index is -0.237. The number of morpholine rings is 1. The van der Waals surface area contributed by atoms with E-state index >= 15 is 0 Å². The molecule has 0 bridgehead atoms. The topological polar surface area (TPSA) is 97.5 Å². The van der Waals surface area contributed by atoms with Crippen molar-refractivity contribution in [1.82, 2.24) is 9.88 Å². The molecule has 130 valence electrons. The van der Waals surface area contributed by atoms with E-state index in [9.17, 15) is 9.59 Å². The van der Waals surface area contributed by atoms with Crippen LogP contribution in [0.25, 0.3) is 0 Å². The number of anilines is 2. The maximum Gasteiger partial charge on any atom is 0.256 e. The first-order valence-corrected chi connectivity index (χ1v) is 8.10. The highest BCUT2D eigenvalue weighted by Gasteiger charge is 2.21. The maximum atomic E-state index is 12.7. The molecule has 1 aliphatic heterocycles. The first-order valence-electron chi connectivity index (χ1n) is 8.10. The van der Waals surface area contributed by atoms with Crippen LogP contribution in [0, 0.1) is 0 Å². The van der Waals surface area contributed by atoms with Gasteiger partial charge in [-0.2, -0.15) is 0 Å². The van der Waals surface area contributed by atoms with Crippen molar-refractivity contribution in [2.45, 2.75) is 6.42 Å². The van der Waals surface area contributed by atoms with Crippen molar-refractivity contribution in [2.75, 3.05) is 37.4 Å². The molecule has 3 N–H and O–H groups in total.